The minimum Gasteiger partial charge on any atom is -0.399 e. The number of aliphatic imine (C=N–C) groups is 1. The van der Waals surface area contributed by atoms with E-state index in [0.717, 1.165) is 30.6 Å². The maximum Gasteiger partial charge on any atom is 0.0669 e. The van der Waals surface area contributed by atoms with Crippen LogP contribution in [0.5, 0.6) is 0 Å². The van der Waals surface area contributed by atoms with Crippen LogP contribution in [0.3, 0.4) is 0 Å². The number of nitrogens with zero attached hydrogens (tertiary/aromatic N) is 1. The normalized spacial score (nSPS) is 22.9. The molecule has 4 N–H and O–H groups in total. The van der Waals surface area contributed by atoms with Crippen LogP contribution in [0.2, 0.25) is 0 Å². The van der Waals surface area contributed by atoms with E-state index in [1.54, 1.807) is 0 Å². The summed E-state index contributed by atoms with van der Waals surface area (Å²) in [6.07, 6.45) is 5.07. The second-order valence-corrected chi connectivity index (χ2v) is 4.52. The molecule has 1 heterocycles. The molecule has 1 aromatic carbocycles. The molecule has 0 aromatic heterocycles. The van der Waals surface area contributed by atoms with Crippen LogP contribution in [0.25, 0.3) is 0 Å². The van der Waals surface area contributed by atoms with Crippen molar-refractivity contribution in [1.29, 1.82) is 0 Å². The van der Waals surface area contributed by atoms with Gasteiger partial charge in [0.15, 0.2) is 0 Å². The minimum absolute atomic E-state index is 0.191. The quantitative estimate of drug-likeness (QED) is 0.647. The molecule has 1 unspecified atom stereocenters. The first-order valence-electron chi connectivity index (χ1n) is 5.65. The van der Waals surface area contributed by atoms with Gasteiger partial charge in [0, 0.05) is 23.9 Å². The Morgan fingerprint density at radius 3 is 3.06 bits per heavy atom. The van der Waals surface area contributed by atoms with Gasteiger partial charge >= 0.3 is 0 Å². The average Bonchev–Trinajstić information content (AvgIpc) is 2.26. The predicted octanol–water partition coefficient (Wildman–Crippen LogP) is 1.94. The summed E-state index contributed by atoms with van der Waals surface area (Å²) >= 11 is 0. The van der Waals surface area contributed by atoms with Gasteiger partial charge in [-0.1, -0.05) is 6.08 Å². The third-order valence-corrected chi connectivity index (χ3v) is 3.24. The van der Waals surface area contributed by atoms with E-state index in [1.165, 1.54) is 16.8 Å². The Morgan fingerprint density at radius 1 is 1.31 bits per heavy atom. The predicted molar refractivity (Wildman–Crippen MR) is 66.9 cm³/mol. The number of fused-ring (bicyclic) bond motifs is 2. The lowest BCUT2D eigenvalue weighted by Crippen LogP contribution is -2.26. The molecule has 0 spiro atoms. The molecule has 82 valence electrons. The Kier molecular flexibility index (Phi) is 2.07. The number of allylic oxidation sites excluding steroid dienone is 1. The van der Waals surface area contributed by atoms with Crippen molar-refractivity contribution >= 4 is 17.1 Å². The maximum absolute atomic E-state index is 5.94. The Hall–Kier alpha value is -1.61. The van der Waals surface area contributed by atoms with Crippen LogP contribution in [0, 0.1) is 0 Å². The van der Waals surface area contributed by atoms with Gasteiger partial charge in [0.1, 0.15) is 0 Å². The van der Waals surface area contributed by atoms with E-state index in [1.807, 2.05) is 18.2 Å². The number of hydrogen-bond acceptors (Lipinski definition) is 3. The fraction of sp³-hybridized carbons (Fsp3) is 0.308. The zero-order chi connectivity index (χ0) is 11.1. The monoisotopic (exact) mass is 213 g/mol. The second kappa shape index (κ2) is 3.46. The van der Waals surface area contributed by atoms with Crippen molar-refractivity contribution in [3.05, 3.63) is 35.4 Å². The van der Waals surface area contributed by atoms with E-state index in [-0.39, 0.29) is 6.04 Å². The van der Waals surface area contributed by atoms with E-state index in [0.29, 0.717) is 0 Å². The first-order valence-corrected chi connectivity index (χ1v) is 5.65. The molecule has 0 radical (unpaired) electrons. The smallest absolute Gasteiger partial charge is 0.0669 e. The number of benzene rings is 1. The van der Waals surface area contributed by atoms with Gasteiger partial charge < -0.3 is 11.5 Å². The van der Waals surface area contributed by atoms with Crippen molar-refractivity contribution in [2.45, 2.75) is 25.3 Å². The van der Waals surface area contributed by atoms with Crippen LogP contribution >= 0.6 is 0 Å². The molecule has 0 saturated heterocycles. The highest BCUT2D eigenvalue weighted by Gasteiger charge is 2.21. The molecular weight excluding hydrogens is 198 g/mol. The average molecular weight is 213 g/mol. The van der Waals surface area contributed by atoms with Gasteiger partial charge in [-0.3, -0.25) is 4.99 Å². The van der Waals surface area contributed by atoms with Crippen molar-refractivity contribution in [3.8, 4) is 0 Å². The van der Waals surface area contributed by atoms with Crippen LogP contribution < -0.4 is 11.5 Å². The molecule has 0 saturated carbocycles. The lowest BCUT2D eigenvalue weighted by atomic mass is 9.87. The summed E-state index contributed by atoms with van der Waals surface area (Å²) in [4.78, 5) is 4.68. The Morgan fingerprint density at radius 2 is 2.19 bits per heavy atom. The lowest BCUT2D eigenvalue weighted by Gasteiger charge is -2.24. The van der Waals surface area contributed by atoms with Gasteiger partial charge in [-0.2, -0.15) is 0 Å². The summed E-state index contributed by atoms with van der Waals surface area (Å²) in [6.45, 7) is 0. The summed E-state index contributed by atoms with van der Waals surface area (Å²) in [5, 5.41) is 0. The molecular formula is C13H15N3. The van der Waals surface area contributed by atoms with Crippen LogP contribution in [0.4, 0.5) is 11.4 Å². The van der Waals surface area contributed by atoms with Crippen LogP contribution in [0.15, 0.2) is 34.8 Å². The molecule has 0 amide bonds. The third-order valence-electron chi connectivity index (χ3n) is 3.24. The van der Waals surface area contributed by atoms with Gasteiger partial charge in [-0.15, -0.1) is 0 Å². The molecule has 3 nitrogen and oxygen atoms in total. The van der Waals surface area contributed by atoms with Crippen molar-refractivity contribution < 1.29 is 0 Å². The molecule has 3 heteroatoms. The Labute approximate surface area is 94.9 Å². The summed E-state index contributed by atoms with van der Waals surface area (Å²) < 4.78 is 0. The summed E-state index contributed by atoms with van der Waals surface area (Å²) in [7, 11) is 0. The van der Waals surface area contributed by atoms with E-state index < -0.39 is 0 Å². The van der Waals surface area contributed by atoms with Crippen molar-refractivity contribution in [2.24, 2.45) is 10.7 Å². The number of hydrogen-bond donors (Lipinski definition) is 2. The topological polar surface area (TPSA) is 64.4 Å². The Balaban J connectivity index is 2.08. The van der Waals surface area contributed by atoms with Gasteiger partial charge in [-0.05, 0) is 42.2 Å². The van der Waals surface area contributed by atoms with Gasteiger partial charge in [0.25, 0.3) is 0 Å². The van der Waals surface area contributed by atoms with Gasteiger partial charge in [0.2, 0.25) is 0 Å². The second-order valence-electron chi connectivity index (χ2n) is 4.52. The van der Waals surface area contributed by atoms with Gasteiger partial charge in [-0.25, -0.2) is 0 Å². The van der Waals surface area contributed by atoms with E-state index in [2.05, 4.69) is 11.1 Å². The highest BCUT2D eigenvalue weighted by atomic mass is 14.8. The van der Waals surface area contributed by atoms with E-state index in [9.17, 15) is 0 Å². The summed E-state index contributed by atoms with van der Waals surface area (Å²) in [5.74, 6) is 0. The number of nitrogen functional groups attached to an aromatic ring is 1. The molecule has 3 rings (SSSR count). The first-order chi connectivity index (χ1) is 7.72. The van der Waals surface area contributed by atoms with Crippen LogP contribution in [-0.2, 0) is 6.42 Å². The largest absolute Gasteiger partial charge is 0.399 e. The van der Waals surface area contributed by atoms with E-state index >= 15 is 0 Å². The summed E-state index contributed by atoms with van der Waals surface area (Å²) in [5.41, 5.74) is 17.3. The molecule has 1 aliphatic carbocycles. The zero-order valence-corrected chi connectivity index (χ0v) is 9.11. The highest BCUT2D eigenvalue weighted by Crippen LogP contribution is 2.33. The van der Waals surface area contributed by atoms with Crippen LogP contribution in [-0.4, -0.2) is 11.8 Å². The lowest BCUT2D eigenvalue weighted by molar-refractivity contribution is 0.723. The third kappa shape index (κ3) is 1.53. The molecule has 0 bridgehead atoms. The summed E-state index contributed by atoms with van der Waals surface area (Å²) in [6, 6.07) is 6.11. The molecule has 1 aliphatic heterocycles. The molecule has 0 fully saturated rings. The zero-order valence-electron chi connectivity index (χ0n) is 9.11. The Bertz CT molecular complexity index is 500. The van der Waals surface area contributed by atoms with Crippen LogP contribution in [0.1, 0.15) is 18.4 Å². The molecule has 2 aliphatic rings. The van der Waals surface area contributed by atoms with Crippen molar-refractivity contribution in [3.63, 3.8) is 0 Å². The number of rotatable bonds is 0. The fourth-order valence-corrected chi connectivity index (χ4v) is 2.40. The van der Waals surface area contributed by atoms with Crippen molar-refractivity contribution in [1.82, 2.24) is 0 Å². The van der Waals surface area contributed by atoms with Crippen molar-refractivity contribution in [2.75, 3.05) is 5.73 Å². The van der Waals surface area contributed by atoms with Gasteiger partial charge in [0.05, 0.1) is 5.69 Å². The minimum atomic E-state index is 0.191. The SMILES string of the molecule is Nc1ccc2c(c1)CC1=CC(N)CCC1=N2. The maximum atomic E-state index is 5.94. The number of nitrogens with two attached hydrogens (primary N) is 2. The molecule has 1 atom stereocenters. The molecule has 16 heavy (non-hydrogen) atoms. The molecule has 1 aromatic rings. The highest BCUT2D eigenvalue weighted by molar-refractivity contribution is 6.04. The van der Waals surface area contributed by atoms with E-state index in [4.69, 9.17) is 11.5 Å². The fourth-order valence-electron chi connectivity index (χ4n) is 2.40. The standard InChI is InChI=1S/C13H15N3/c14-10-1-3-12-8(6-10)5-9-7-11(15)2-4-13(9)16-12/h1,3,6-7,11H,2,4-5,14-15H2. The number of anilines is 1. The first kappa shape index (κ1) is 9.60.